The van der Waals surface area contributed by atoms with Gasteiger partial charge < -0.3 is 24.0 Å². The molecule has 0 N–H and O–H groups in total. The maximum atomic E-state index is 13.3. The highest BCUT2D eigenvalue weighted by Gasteiger charge is 2.38. The van der Waals surface area contributed by atoms with Crippen LogP contribution >= 0.6 is 11.3 Å². The number of methoxy groups -OCH3 is 3. The maximum absolute atomic E-state index is 13.3. The van der Waals surface area contributed by atoms with Crippen LogP contribution in [0.4, 0.5) is 0 Å². The van der Waals surface area contributed by atoms with Crippen LogP contribution in [0.5, 0.6) is 17.2 Å². The number of carbonyl (C=O) groups is 2. The second-order valence-electron chi connectivity index (χ2n) is 8.23. The molecule has 1 aromatic carbocycles. The van der Waals surface area contributed by atoms with E-state index in [-0.39, 0.29) is 17.9 Å². The summed E-state index contributed by atoms with van der Waals surface area (Å²) in [6, 6.07) is 7.23. The summed E-state index contributed by atoms with van der Waals surface area (Å²) < 4.78 is 16.5. The molecule has 8 nitrogen and oxygen atoms in total. The van der Waals surface area contributed by atoms with Crippen LogP contribution in [0, 0.1) is 0 Å². The average Bonchev–Trinajstić information content (AvgIpc) is 3.56. The van der Waals surface area contributed by atoms with Gasteiger partial charge in [-0.15, -0.1) is 11.3 Å². The molecule has 2 aliphatic rings. The molecule has 178 valence electrons. The largest absolute Gasteiger partial charge is 0.493 e. The van der Waals surface area contributed by atoms with Gasteiger partial charge in [0.2, 0.25) is 11.7 Å². The maximum Gasteiger partial charge on any atom is 0.264 e. The number of carbonyl (C=O) groups excluding carboxylic acids is 2. The van der Waals surface area contributed by atoms with E-state index in [1.807, 2.05) is 34.5 Å². The number of piperazine rings is 1. The molecule has 2 saturated heterocycles. The molecule has 2 aromatic rings. The van der Waals surface area contributed by atoms with Gasteiger partial charge >= 0.3 is 0 Å². The van der Waals surface area contributed by atoms with Crippen molar-refractivity contribution in [2.24, 2.45) is 0 Å². The summed E-state index contributed by atoms with van der Waals surface area (Å²) in [5.74, 6) is 1.93. The summed E-state index contributed by atoms with van der Waals surface area (Å²) in [5, 5.41) is 1.90. The Labute approximate surface area is 198 Å². The van der Waals surface area contributed by atoms with E-state index < -0.39 is 0 Å². The first-order chi connectivity index (χ1) is 16.1. The first-order valence-corrected chi connectivity index (χ1v) is 12.1. The lowest BCUT2D eigenvalue weighted by Crippen LogP contribution is -2.54. The van der Waals surface area contributed by atoms with Crippen molar-refractivity contribution in [3.8, 4) is 17.2 Å². The van der Waals surface area contributed by atoms with Gasteiger partial charge in [0.15, 0.2) is 11.5 Å². The highest BCUT2D eigenvalue weighted by atomic mass is 32.1. The number of ether oxygens (including phenoxy) is 3. The van der Waals surface area contributed by atoms with E-state index >= 15 is 0 Å². The molecular weight excluding hydrogens is 442 g/mol. The molecule has 0 unspecified atom stereocenters. The number of rotatable bonds is 7. The van der Waals surface area contributed by atoms with Crippen LogP contribution in [0.25, 0.3) is 0 Å². The molecule has 9 heteroatoms. The SMILES string of the molecule is COc1ccc(CN2CCN(C(=O)[C@@H]3CCCN3C(=O)c3cccs3)CC2)c(OC)c1OC. The molecule has 2 amide bonds. The Morgan fingerprint density at radius 3 is 2.36 bits per heavy atom. The summed E-state index contributed by atoms with van der Waals surface area (Å²) >= 11 is 1.43. The van der Waals surface area contributed by atoms with Crippen molar-refractivity contribution in [2.75, 3.05) is 54.1 Å². The number of benzene rings is 1. The molecule has 2 fully saturated rings. The summed E-state index contributed by atoms with van der Waals surface area (Å²) in [4.78, 5) is 32.8. The second-order valence-corrected chi connectivity index (χ2v) is 9.18. The van der Waals surface area contributed by atoms with Crippen LogP contribution in [0.1, 0.15) is 28.1 Å². The minimum Gasteiger partial charge on any atom is -0.493 e. The molecule has 1 aromatic heterocycles. The van der Waals surface area contributed by atoms with Crippen molar-refractivity contribution < 1.29 is 23.8 Å². The summed E-state index contributed by atoms with van der Waals surface area (Å²) in [5.41, 5.74) is 1.01. The molecule has 2 aliphatic heterocycles. The van der Waals surface area contributed by atoms with Crippen molar-refractivity contribution in [3.63, 3.8) is 0 Å². The Morgan fingerprint density at radius 1 is 0.970 bits per heavy atom. The van der Waals surface area contributed by atoms with Gasteiger partial charge in [-0.2, -0.15) is 0 Å². The lowest BCUT2D eigenvalue weighted by Gasteiger charge is -2.37. The van der Waals surface area contributed by atoms with E-state index in [1.54, 1.807) is 26.2 Å². The van der Waals surface area contributed by atoms with Crippen molar-refractivity contribution in [1.29, 1.82) is 0 Å². The van der Waals surface area contributed by atoms with E-state index in [9.17, 15) is 9.59 Å². The van der Waals surface area contributed by atoms with Gasteiger partial charge in [0, 0.05) is 44.8 Å². The first-order valence-electron chi connectivity index (χ1n) is 11.2. The third-order valence-electron chi connectivity index (χ3n) is 6.39. The molecule has 0 aliphatic carbocycles. The minimum absolute atomic E-state index is 0.0277. The highest BCUT2D eigenvalue weighted by molar-refractivity contribution is 7.12. The summed E-state index contributed by atoms with van der Waals surface area (Å²) in [6.45, 7) is 4.14. The normalized spacial score (nSPS) is 18.9. The van der Waals surface area contributed by atoms with E-state index in [0.717, 1.165) is 31.5 Å². The fourth-order valence-corrected chi connectivity index (χ4v) is 5.35. The number of thiophene rings is 1. The Kier molecular flexibility index (Phi) is 7.39. The Bertz CT molecular complexity index is 973. The predicted molar refractivity (Wildman–Crippen MR) is 126 cm³/mol. The van der Waals surface area contributed by atoms with Gasteiger partial charge in [-0.05, 0) is 30.4 Å². The van der Waals surface area contributed by atoms with Crippen LogP contribution in [0.2, 0.25) is 0 Å². The lowest BCUT2D eigenvalue weighted by atomic mass is 10.1. The molecule has 4 rings (SSSR count). The zero-order valence-corrected chi connectivity index (χ0v) is 20.2. The monoisotopic (exact) mass is 473 g/mol. The van der Waals surface area contributed by atoms with Gasteiger partial charge in [-0.3, -0.25) is 14.5 Å². The van der Waals surface area contributed by atoms with Crippen LogP contribution in [-0.4, -0.2) is 86.6 Å². The number of amides is 2. The Morgan fingerprint density at radius 2 is 1.73 bits per heavy atom. The van der Waals surface area contributed by atoms with E-state index in [4.69, 9.17) is 14.2 Å². The number of hydrogen-bond donors (Lipinski definition) is 0. The van der Waals surface area contributed by atoms with Gasteiger partial charge in [0.05, 0.1) is 26.2 Å². The quantitative estimate of drug-likeness (QED) is 0.616. The number of nitrogens with zero attached hydrogens (tertiary/aromatic N) is 3. The molecule has 0 bridgehead atoms. The zero-order valence-electron chi connectivity index (χ0n) is 19.4. The number of hydrogen-bond acceptors (Lipinski definition) is 7. The topological polar surface area (TPSA) is 71.6 Å². The van der Waals surface area contributed by atoms with Crippen LogP contribution in [0.3, 0.4) is 0 Å². The third-order valence-corrected chi connectivity index (χ3v) is 7.25. The van der Waals surface area contributed by atoms with Crippen molar-refractivity contribution in [2.45, 2.75) is 25.4 Å². The van der Waals surface area contributed by atoms with Crippen LogP contribution in [-0.2, 0) is 11.3 Å². The summed E-state index contributed by atoms with van der Waals surface area (Å²) in [6.07, 6.45) is 1.60. The van der Waals surface area contributed by atoms with E-state index in [2.05, 4.69) is 4.90 Å². The second kappa shape index (κ2) is 10.4. The van der Waals surface area contributed by atoms with Crippen LogP contribution in [0.15, 0.2) is 29.6 Å². The first kappa shape index (κ1) is 23.4. The fourth-order valence-electron chi connectivity index (χ4n) is 4.67. The highest BCUT2D eigenvalue weighted by Crippen LogP contribution is 2.40. The molecule has 33 heavy (non-hydrogen) atoms. The molecule has 0 spiro atoms. The zero-order chi connectivity index (χ0) is 23.4. The molecule has 1 atom stereocenters. The van der Waals surface area contributed by atoms with Gasteiger partial charge in [0.25, 0.3) is 5.91 Å². The Hall–Kier alpha value is -2.78. The van der Waals surface area contributed by atoms with Gasteiger partial charge in [0.1, 0.15) is 6.04 Å². The molecule has 0 radical (unpaired) electrons. The van der Waals surface area contributed by atoms with E-state index in [1.165, 1.54) is 11.3 Å². The van der Waals surface area contributed by atoms with Gasteiger partial charge in [-0.1, -0.05) is 12.1 Å². The Balaban J connectivity index is 1.37. The van der Waals surface area contributed by atoms with E-state index in [0.29, 0.717) is 48.3 Å². The van der Waals surface area contributed by atoms with Crippen molar-refractivity contribution in [3.05, 3.63) is 40.1 Å². The summed E-state index contributed by atoms with van der Waals surface area (Å²) in [7, 11) is 4.83. The van der Waals surface area contributed by atoms with Crippen molar-refractivity contribution in [1.82, 2.24) is 14.7 Å². The smallest absolute Gasteiger partial charge is 0.264 e. The molecular formula is C24H31N3O5S. The van der Waals surface area contributed by atoms with Crippen LogP contribution < -0.4 is 14.2 Å². The average molecular weight is 474 g/mol. The predicted octanol–water partition coefficient (Wildman–Crippen LogP) is 2.72. The van der Waals surface area contributed by atoms with Crippen molar-refractivity contribution >= 4 is 23.2 Å². The standard InChI is InChI=1S/C24H31N3O5S/c1-30-19-9-8-17(21(31-2)22(19)32-3)16-25-11-13-26(14-12-25)23(28)18-6-4-10-27(18)24(29)20-7-5-15-33-20/h5,7-9,15,18H,4,6,10-14,16H2,1-3H3/t18-/m0/s1. The fraction of sp³-hybridized carbons (Fsp3) is 0.500. The lowest BCUT2D eigenvalue weighted by molar-refractivity contribution is -0.137. The minimum atomic E-state index is -0.350. The van der Waals surface area contributed by atoms with Gasteiger partial charge in [-0.25, -0.2) is 0 Å². The number of likely N-dealkylation sites (tertiary alicyclic amines) is 1. The molecule has 3 heterocycles. The molecule has 0 saturated carbocycles. The third kappa shape index (κ3) is 4.79.